The topological polar surface area (TPSA) is 63.7 Å². The molecule has 0 aromatic heterocycles. The van der Waals surface area contributed by atoms with Crippen LogP contribution in [-0.4, -0.2) is 45.2 Å². The fraction of sp³-hybridized carbons (Fsp3) is 0.588. The van der Waals surface area contributed by atoms with E-state index in [0.29, 0.717) is 36.2 Å². The van der Waals surface area contributed by atoms with Crippen molar-refractivity contribution in [3.63, 3.8) is 0 Å². The predicted octanol–water partition coefficient (Wildman–Crippen LogP) is 2.11. The van der Waals surface area contributed by atoms with E-state index in [1.165, 1.54) is 7.11 Å². The summed E-state index contributed by atoms with van der Waals surface area (Å²) in [5, 5.41) is 0. The van der Waals surface area contributed by atoms with Gasteiger partial charge in [-0.2, -0.15) is 0 Å². The van der Waals surface area contributed by atoms with Gasteiger partial charge >= 0.3 is 0 Å². The molecule has 1 aliphatic rings. The molecule has 0 N–H and O–H groups in total. The Hall–Kier alpha value is -1.56. The predicted molar refractivity (Wildman–Crippen MR) is 90.0 cm³/mol. The maximum Gasteiger partial charge on any atom is 0.237 e. The number of ether oxygens (including phenoxy) is 1. The Morgan fingerprint density at radius 3 is 2.52 bits per heavy atom. The normalized spacial score (nSPS) is 22.0. The van der Waals surface area contributed by atoms with Gasteiger partial charge in [-0.1, -0.05) is 26.0 Å². The summed E-state index contributed by atoms with van der Waals surface area (Å²) in [7, 11) is -1.95. The molecule has 0 bridgehead atoms. The van der Waals surface area contributed by atoms with Crippen LogP contribution in [0.2, 0.25) is 0 Å². The number of piperidine rings is 1. The molecule has 1 aromatic rings. The van der Waals surface area contributed by atoms with E-state index in [2.05, 4.69) is 13.8 Å². The van der Waals surface area contributed by atoms with Gasteiger partial charge in [0.15, 0.2) is 9.84 Å². The Kier molecular flexibility index (Phi) is 5.68. The molecule has 1 saturated heterocycles. The fourth-order valence-corrected chi connectivity index (χ4v) is 4.56. The van der Waals surface area contributed by atoms with Crippen molar-refractivity contribution < 1.29 is 17.9 Å². The summed E-state index contributed by atoms with van der Waals surface area (Å²) < 4.78 is 29.8. The molecule has 2 rings (SSSR count). The SMILES string of the molecule is COc1cccc(CS(=O)(=O)CC(=O)N2C[C@H](C)C[C@H](C)C2)c1. The first kappa shape index (κ1) is 17.8. The van der Waals surface area contributed by atoms with Crippen LogP contribution in [0, 0.1) is 11.8 Å². The van der Waals surface area contributed by atoms with Crippen molar-refractivity contribution >= 4 is 15.7 Å². The summed E-state index contributed by atoms with van der Waals surface area (Å²) in [4.78, 5) is 14.0. The third-order valence-electron chi connectivity index (χ3n) is 4.09. The van der Waals surface area contributed by atoms with Gasteiger partial charge in [-0.05, 0) is 36.0 Å². The average Bonchev–Trinajstić information content (AvgIpc) is 2.45. The smallest absolute Gasteiger partial charge is 0.237 e. The lowest BCUT2D eigenvalue weighted by Gasteiger charge is -2.35. The number of hydrogen-bond acceptors (Lipinski definition) is 4. The molecule has 0 spiro atoms. The van der Waals surface area contributed by atoms with Crippen LogP contribution in [0.4, 0.5) is 0 Å². The fourth-order valence-electron chi connectivity index (χ4n) is 3.21. The summed E-state index contributed by atoms with van der Waals surface area (Å²) >= 11 is 0. The summed E-state index contributed by atoms with van der Waals surface area (Å²) in [5.74, 6) is 0.597. The van der Waals surface area contributed by atoms with Gasteiger partial charge in [0.1, 0.15) is 11.5 Å². The zero-order valence-electron chi connectivity index (χ0n) is 14.0. The lowest BCUT2D eigenvalue weighted by Crippen LogP contribution is -2.45. The number of carbonyl (C=O) groups excluding carboxylic acids is 1. The molecule has 1 amide bonds. The molecule has 0 unspecified atom stereocenters. The first-order valence-electron chi connectivity index (χ1n) is 7.90. The van der Waals surface area contributed by atoms with Gasteiger partial charge in [0.05, 0.1) is 12.9 Å². The second kappa shape index (κ2) is 7.34. The van der Waals surface area contributed by atoms with Crippen molar-refractivity contribution in [2.75, 3.05) is 26.0 Å². The van der Waals surface area contributed by atoms with Crippen LogP contribution in [0.3, 0.4) is 0 Å². The zero-order valence-corrected chi connectivity index (χ0v) is 14.8. The Morgan fingerprint density at radius 1 is 1.26 bits per heavy atom. The van der Waals surface area contributed by atoms with Gasteiger partial charge < -0.3 is 9.64 Å². The van der Waals surface area contributed by atoms with Gasteiger partial charge in [0, 0.05) is 13.1 Å². The molecule has 2 atom stereocenters. The van der Waals surface area contributed by atoms with E-state index in [1.54, 1.807) is 29.2 Å². The molecule has 1 aliphatic heterocycles. The minimum atomic E-state index is -3.49. The maximum absolute atomic E-state index is 12.3. The maximum atomic E-state index is 12.3. The third-order valence-corrected chi connectivity index (χ3v) is 5.55. The number of amides is 1. The van der Waals surface area contributed by atoms with E-state index >= 15 is 0 Å². The molecular weight excluding hydrogens is 314 g/mol. The molecule has 1 fully saturated rings. The van der Waals surface area contributed by atoms with Crippen molar-refractivity contribution in [3.8, 4) is 5.75 Å². The third kappa shape index (κ3) is 5.23. The Labute approximate surface area is 138 Å². The minimum Gasteiger partial charge on any atom is -0.497 e. The molecule has 1 heterocycles. The monoisotopic (exact) mass is 339 g/mol. The van der Waals surface area contributed by atoms with E-state index in [-0.39, 0.29) is 11.7 Å². The lowest BCUT2D eigenvalue weighted by molar-refractivity contribution is -0.131. The number of sulfone groups is 1. The van der Waals surface area contributed by atoms with Crippen LogP contribution in [-0.2, 0) is 20.4 Å². The second-order valence-corrected chi connectivity index (χ2v) is 8.69. The first-order valence-corrected chi connectivity index (χ1v) is 9.72. The first-order chi connectivity index (χ1) is 10.8. The molecule has 0 saturated carbocycles. The molecule has 1 aromatic carbocycles. The van der Waals surface area contributed by atoms with Crippen LogP contribution >= 0.6 is 0 Å². The van der Waals surface area contributed by atoms with Crippen molar-refractivity contribution in [2.45, 2.75) is 26.0 Å². The average molecular weight is 339 g/mol. The molecule has 5 nitrogen and oxygen atoms in total. The van der Waals surface area contributed by atoms with Crippen molar-refractivity contribution in [1.29, 1.82) is 0 Å². The number of hydrogen-bond donors (Lipinski definition) is 0. The number of benzene rings is 1. The summed E-state index contributed by atoms with van der Waals surface area (Å²) in [5.41, 5.74) is 0.637. The quantitative estimate of drug-likeness (QED) is 0.824. The zero-order chi connectivity index (χ0) is 17.0. The van der Waals surface area contributed by atoms with Gasteiger partial charge in [-0.15, -0.1) is 0 Å². The van der Waals surface area contributed by atoms with Crippen LogP contribution in [0.25, 0.3) is 0 Å². The van der Waals surface area contributed by atoms with Gasteiger partial charge in [0.25, 0.3) is 0 Å². The van der Waals surface area contributed by atoms with Crippen molar-refractivity contribution in [1.82, 2.24) is 4.90 Å². The van der Waals surface area contributed by atoms with Crippen LogP contribution in [0.5, 0.6) is 5.75 Å². The largest absolute Gasteiger partial charge is 0.497 e. The second-order valence-electron chi connectivity index (χ2n) is 6.63. The van der Waals surface area contributed by atoms with E-state index in [0.717, 1.165) is 6.42 Å². The van der Waals surface area contributed by atoms with E-state index in [4.69, 9.17) is 4.74 Å². The highest BCUT2D eigenvalue weighted by molar-refractivity contribution is 7.91. The van der Waals surface area contributed by atoms with Crippen molar-refractivity contribution in [2.24, 2.45) is 11.8 Å². The van der Waals surface area contributed by atoms with Crippen LogP contribution in [0.15, 0.2) is 24.3 Å². The van der Waals surface area contributed by atoms with Gasteiger partial charge in [-0.25, -0.2) is 8.42 Å². The van der Waals surface area contributed by atoms with Gasteiger partial charge in [-0.3, -0.25) is 4.79 Å². The molecule has 0 aliphatic carbocycles. The van der Waals surface area contributed by atoms with Gasteiger partial charge in [0.2, 0.25) is 5.91 Å². The lowest BCUT2D eigenvalue weighted by atomic mass is 9.92. The van der Waals surface area contributed by atoms with E-state index < -0.39 is 15.6 Å². The summed E-state index contributed by atoms with van der Waals surface area (Å²) in [6.45, 7) is 5.50. The number of rotatable bonds is 5. The van der Waals surface area contributed by atoms with E-state index in [1.807, 2.05) is 0 Å². The molecule has 6 heteroatoms. The van der Waals surface area contributed by atoms with Crippen LogP contribution in [0.1, 0.15) is 25.8 Å². The summed E-state index contributed by atoms with van der Waals surface area (Å²) in [6.07, 6.45) is 1.08. The number of methoxy groups -OCH3 is 1. The highest BCUT2D eigenvalue weighted by atomic mass is 32.2. The molecular formula is C17H25NO4S. The Balaban J connectivity index is 2.01. The van der Waals surface area contributed by atoms with Crippen molar-refractivity contribution in [3.05, 3.63) is 29.8 Å². The number of carbonyl (C=O) groups is 1. The number of likely N-dealkylation sites (tertiary alicyclic amines) is 1. The molecule has 0 radical (unpaired) electrons. The highest BCUT2D eigenvalue weighted by Gasteiger charge is 2.28. The summed E-state index contributed by atoms with van der Waals surface area (Å²) in [6, 6.07) is 6.93. The minimum absolute atomic E-state index is 0.144. The van der Waals surface area contributed by atoms with E-state index in [9.17, 15) is 13.2 Å². The standard InChI is InChI=1S/C17H25NO4S/c1-13-7-14(2)10-18(9-13)17(19)12-23(20,21)11-15-5-4-6-16(8-15)22-3/h4-6,8,13-14H,7,9-12H2,1-3H3/t13-,14+. The van der Waals surface area contributed by atoms with Crippen LogP contribution < -0.4 is 4.74 Å². The Bertz CT molecular complexity index is 646. The molecule has 23 heavy (non-hydrogen) atoms. The highest BCUT2D eigenvalue weighted by Crippen LogP contribution is 2.21. The number of nitrogens with zero attached hydrogens (tertiary/aromatic N) is 1. The molecule has 128 valence electrons. The Morgan fingerprint density at radius 2 is 1.91 bits per heavy atom.